The Bertz CT molecular complexity index is 399. The van der Waals surface area contributed by atoms with Crippen molar-refractivity contribution in [2.45, 2.75) is 24.9 Å². The predicted octanol–water partition coefficient (Wildman–Crippen LogP) is 3.16. The van der Waals surface area contributed by atoms with Gasteiger partial charge in [0.05, 0.1) is 11.4 Å². The molecule has 0 aliphatic heterocycles. The molecule has 82 valence electrons. The smallest absolute Gasteiger partial charge is 0.396 e. The Morgan fingerprint density at radius 1 is 1.40 bits per heavy atom. The highest BCUT2D eigenvalue weighted by molar-refractivity contribution is 14.1. The first kappa shape index (κ1) is 11.0. The highest BCUT2D eigenvalue weighted by Gasteiger charge is 2.36. The quantitative estimate of drug-likeness (QED) is 0.805. The number of rotatable bonds is 1. The molecule has 0 bridgehead atoms. The van der Waals surface area contributed by atoms with Crippen LogP contribution in [0.15, 0.2) is 6.07 Å². The van der Waals surface area contributed by atoms with Crippen LogP contribution in [0.25, 0.3) is 0 Å². The first-order valence-electron chi connectivity index (χ1n) is 4.42. The number of nitrogen functional groups attached to an aromatic ring is 1. The molecule has 1 saturated carbocycles. The average Bonchev–Trinajstić information content (AvgIpc) is 2.90. The van der Waals surface area contributed by atoms with E-state index in [2.05, 4.69) is 4.98 Å². The van der Waals surface area contributed by atoms with E-state index in [9.17, 15) is 13.2 Å². The highest BCUT2D eigenvalue weighted by Crippen LogP contribution is 2.44. The molecule has 1 aliphatic rings. The van der Waals surface area contributed by atoms with E-state index < -0.39 is 11.9 Å². The van der Waals surface area contributed by atoms with Gasteiger partial charge in [0.2, 0.25) is 0 Å². The minimum absolute atomic E-state index is 0.126. The van der Waals surface area contributed by atoms with E-state index in [0.29, 0.717) is 15.0 Å². The van der Waals surface area contributed by atoms with Crippen molar-refractivity contribution in [3.05, 3.63) is 21.0 Å². The second-order valence-corrected chi connectivity index (χ2v) is 4.72. The van der Waals surface area contributed by atoms with Crippen LogP contribution in [0.1, 0.15) is 30.1 Å². The fourth-order valence-electron chi connectivity index (χ4n) is 1.36. The van der Waals surface area contributed by atoms with Gasteiger partial charge in [-0.25, -0.2) is 4.98 Å². The molecule has 6 heteroatoms. The Kier molecular flexibility index (Phi) is 2.56. The van der Waals surface area contributed by atoms with Gasteiger partial charge in [0.1, 0.15) is 5.69 Å². The van der Waals surface area contributed by atoms with Gasteiger partial charge < -0.3 is 5.73 Å². The lowest BCUT2D eigenvalue weighted by Gasteiger charge is -2.11. The first-order chi connectivity index (χ1) is 6.89. The van der Waals surface area contributed by atoms with E-state index in [-0.39, 0.29) is 5.92 Å². The zero-order valence-electron chi connectivity index (χ0n) is 7.61. The van der Waals surface area contributed by atoms with Crippen LogP contribution in [-0.4, -0.2) is 4.98 Å². The van der Waals surface area contributed by atoms with Crippen molar-refractivity contribution in [2.75, 3.05) is 5.73 Å². The number of hydrogen-bond donors (Lipinski definition) is 1. The second kappa shape index (κ2) is 3.50. The monoisotopic (exact) mass is 328 g/mol. The topological polar surface area (TPSA) is 38.9 Å². The molecule has 2 nitrogen and oxygen atoms in total. The molecule has 2 rings (SSSR count). The Morgan fingerprint density at radius 3 is 2.47 bits per heavy atom. The van der Waals surface area contributed by atoms with Crippen LogP contribution in [0.3, 0.4) is 0 Å². The maximum Gasteiger partial charge on any atom is 0.433 e. The molecule has 0 amide bonds. The Labute approximate surface area is 98.2 Å². The van der Waals surface area contributed by atoms with E-state index in [0.717, 1.165) is 18.9 Å². The lowest BCUT2D eigenvalue weighted by atomic mass is 10.2. The summed E-state index contributed by atoms with van der Waals surface area (Å²) in [5.74, 6) is 0.126. The van der Waals surface area contributed by atoms with Crippen molar-refractivity contribution in [2.24, 2.45) is 0 Å². The van der Waals surface area contributed by atoms with Crippen LogP contribution < -0.4 is 5.73 Å². The predicted molar refractivity (Wildman–Crippen MR) is 58.3 cm³/mol. The molecule has 1 aromatic heterocycles. The maximum absolute atomic E-state index is 12.5. The van der Waals surface area contributed by atoms with E-state index in [4.69, 9.17) is 5.73 Å². The van der Waals surface area contributed by atoms with E-state index in [1.165, 1.54) is 0 Å². The van der Waals surface area contributed by atoms with Crippen molar-refractivity contribution in [3.8, 4) is 0 Å². The molecule has 0 atom stereocenters. The number of aromatic nitrogens is 1. The number of halogens is 4. The van der Waals surface area contributed by atoms with Crippen molar-refractivity contribution in [1.82, 2.24) is 4.98 Å². The van der Waals surface area contributed by atoms with Gasteiger partial charge in [-0.2, -0.15) is 13.2 Å². The third-order valence-electron chi connectivity index (χ3n) is 2.29. The molecule has 2 N–H and O–H groups in total. The van der Waals surface area contributed by atoms with Gasteiger partial charge in [0, 0.05) is 9.49 Å². The Hall–Kier alpha value is -0.530. The molecule has 0 aromatic carbocycles. The molecule has 15 heavy (non-hydrogen) atoms. The molecular weight excluding hydrogens is 320 g/mol. The van der Waals surface area contributed by atoms with E-state index in [1.807, 2.05) is 22.6 Å². The lowest BCUT2D eigenvalue weighted by molar-refractivity contribution is -0.141. The fraction of sp³-hybridized carbons (Fsp3) is 0.444. The fourth-order valence-corrected chi connectivity index (χ4v) is 1.93. The number of alkyl halides is 3. The number of nitrogens with two attached hydrogens (primary N) is 1. The summed E-state index contributed by atoms with van der Waals surface area (Å²) in [6.45, 7) is 0. The molecule has 1 heterocycles. The largest absolute Gasteiger partial charge is 0.433 e. The van der Waals surface area contributed by atoms with Crippen LogP contribution >= 0.6 is 22.6 Å². The van der Waals surface area contributed by atoms with Crippen LogP contribution in [0.2, 0.25) is 0 Å². The summed E-state index contributed by atoms with van der Waals surface area (Å²) in [6.07, 6.45) is -2.62. The van der Waals surface area contributed by atoms with Gasteiger partial charge >= 0.3 is 6.18 Å². The third-order valence-corrected chi connectivity index (χ3v) is 3.18. The van der Waals surface area contributed by atoms with Crippen LogP contribution in [0.5, 0.6) is 0 Å². The van der Waals surface area contributed by atoms with Gasteiger partial charge in [-0.3, -0.25) is 0 Å². The summed E-state index contributed by atoms with van der Waals surface area (Å²) in [4.78, 5) is 3.61. The lowest BCUT2D eigenvalue weighted by Crippen LogP contribution is -2.12. The minimum Gasteiger partial charge on any atom is -0.396 e. The summed E-state index contributed by atoms with van der Waals surface area (Å²) in [6, 6.07) is 0.988. The van der Waals surface area contributed by atoms with Crippen molar-refractivity contribution >= 4 is 28.3 Å². The summed E-state index contributed by atoms with van der Waals surface area (Å²) < 4.78 is 37.8. The summed E-state index contributed by atoms with van der Waals surface area (Å²) in [5, 5.41) is 0. The molecule has 1 aliphatic carbocycles. The molecular formula is C9H8F3IN2. The third kappa shape index (κ3) is 2.19. The van der Waals surface area contributed by atoms with Crippen molar-refractivity contribution < 1.29 is 13.2 Å². The van der Waals surface area contributed by atoms with Crippen LogP contribution in [-0.2, 0) is 6.18 Å². The number of hydrogen-bond acceptors (Lipinski definition) is 2. The molecule has 0 saturated heterocycles. The van der Waals surface area contributed by atoms with Gasteiger partial charge in [-0.15, -0.1) is 0 Å². The SMILES string of the molecule is Nc1c(I)cc(C(F)(F)F)nc1C1CC1. The van der Waals surface area contributed by atoms with Crippen molar-refractivity contribution in [1.29, 1.82) is 0 Å². The molecule has 0 spiro atoms. The van der Waals surface area contributed by atoms with Gasteiger partial charge in [0.25, 0.3) is 0 Å². The minimum atomic E-state index is -4.39. The average molecular weight is 328 g/mol. The summed E-state index contributed by atoms with van der Waals surface area (Å²) >= 11 is 1.81. The molecule has 1 aromatic rings. The van der Waals surface area contributed by atoms with Crippen LogP contribution in [0.4, 0.5) is 18.9 Å². The summed E-state index contributed by atoms with van der Waals surface area (Å²) in [7, 11) is 0. The van der Waals surface area contributed by atoms with Crippen LogP contribution in [0, 0.1) is 3.57 Å². The summed E-state index contributed by atoms with van der Waals surface area (Å²) in [5.41, 5.74) is 5.66. The Balaban J connectivity index is 2.51. The zero-order valence-corrected chi connectivity index (χ0v) is 9.76. The van der Waals surface area contributed by atoms with E-state index in [1.54, 1.807) is 0 Å². The van der Waals surface area contributed by atoms with Gasteiger partial charge in [-0.05, 0) is 41.5 Å². The molecule has 0 radical (unpaired) electrons. The highest BCUT2D eigenvalue weighted by atomic mass is 127. The van der Waals surface area contributed by atoms with Crippen molar-refractivity contribution in [3.63, 3.8) is 0 Å². The maximum atomic E-state index is 12.5. The molecule has 0 unspecified atom stereocenters. The Morgan fingerprint density at radius 2 is 2.00 bits per heavy atom. The second-order valence-electron chi connectivity index (χ2n) is 3.56. The zero-order chi connectivity index (χ0) is 11.2. The van der Waals surface area contributed by atoms with E-state index >= 15 is 0 Å². The van der Waals surface area contributed by atoms with Gasteiger partial charge in [0.15, 0.2) is 0 Å². The normalized spacial score (nSPS) is 16.8. The number of nitrogens with zero attached hydrogens (tertiary/aromatic N) is 1. The molecule has 1 fully saturated rings. The number of anilines is 1. The standard InChI is InChI=1S/C9H8F3IN2/c10-9(11,12)6-3-5(13)7(14)8(15-6)4-1-2-4/h3-4H,1-2,14H2. The van der Waals surface area contributed by atoms with Gasteiger partial charge in [-0.1, -0.05) is 0 Å². The number of pyridine rings is 1. The first-order valence-corrected chi connectivity index (χ1v) is 5.50.